The Morgan fingerprint density at radius 1 is 1.15 bits per heavy atom. The van der Waals surface area contributed by atoms with E-state index in [2.05, 4.69) is 23.3 Å². The Kier molecular flexibility index (Phi) is 3.14. The summed E-state index contributed by atoms with van der Waals surface area (Å²) in [5.74, 6) is 3.35. The lowest BCUT2D eigenvalue weighted by atomic mass is 9.82. The number of hydrogen-bond donors (Lipinski definition) is 1. The predicted octanol–water partition coefficient (Wildman–Crippen LogP) is 3.03. The minimum absolute atomic E-state index is 0.479. The van der Waals surface area contributed by atoms with Gasteiger partial charge in [0, 0.05) is 36.2 Å². The topological polar surface area (TPSA) is 47.0 Å². The molecule has 0 bridgehead atoms. The molecule has 1 N–H and O–H groups in total. The van der Waals surface area contributed by atoms with Gasteiger partial charge in [0.05, 0.1) is 6.10 Å². The van der Waals surface area contributed by atoms with Gasteiger partial charge < -0.3 is 10.1 Å². The third-order valence-electron chi connectivity index (χ3n) is 4.93. The lowest BCUT2D eigenvalue weighted by molar-refractivity contribution is 0.0619. The van der Waals surface area contributed by atoms with E-state index in [1.54, 1.807) is 0 Å². The number of fused-ring (bicyclic) bond motifs is 1. The third kappa shape index (κ3) is 2.41. The minimum atomic E-state index is 0.479. The summed E-state index contributed by atoms with van der Waals surface area (Å²) in [7, 11) is 0. The maximum absolute atomic E-state index is 5.85. The van der Waals surface area contributed by atoms with Gasteiger partial charge in [0.1, 0.15) is 11.6 Å². The molecule has 4 nitrogen and oxygen atoms in total. The fourth-order valence-corrected chi connectivity index (χ4v) is 3.73. The van der Waals surface area contributed by atoms with Gasteiger partial charge in [0.2, 0.25) is 0 Å². The van der Waals surface area contributed by atoms with Crippen molar-refractivity contribution in [3.63, 3.8) is 0 Å². The Labute approximate surface area is 120 Å². The van der Waals surface area contributed by atoms with Crippen LogP contribution in [0.2, 0.25) is 0 Å². The van der Waals surface area contributed by atoms with E-state index in [1.807, 2.05) is 0 Å². The summed E-state index contributed by atoms with van der Waals surface area (Å²) in [5.41, 5.74) is 1.08. The van der Waals surface area contributed by atoms with Crippen molar-refractivity contribution in [3.05, 3.63) is 17.6 Å². The molecule has 2 saturated carbocycles. The van der Waals surface area contributed by atoms with Gasteiger partial charge in [-0.15, -0.1) is 0 Å². The second kappa shape index (κ2) is 4.99. The van der Waals surface area contributed by atoms with Crippen molar-refractivity contribution in [1.29, 1.82) is 0 Å². The number of hydrogen-bond acceptors (Lipinski definition) is 4. The maximum Gasteiger partial charge on any atom is 0.134 e. The molecule has 1 aromatic rings. The molecule has 2 aliphatic carbocycles. The van der Waals surface area contributed by atoms with E-state index >= 15 is 0 Å². The summed E-state index contributed by atoms with van der Waals surface area (Å²) in [6, 6.07) is 2.61. The third-order valence-corrected chi connectivity index (χ3v) is 4.93. The molecule has 1 aliphatic heterocycles. The van der Waals surface area contributed by atoms with E-state index in [0.29, 0.717) is 24.0 Å². The molecule has 2 heterocycles. The second-order valence-electron chi connectivity index (χ2n) is 6.57. The minimum Gasteiger partial charge on any atom is -0.378 e. The van der Waals surface area contributed by atoms with E-state index in [0.717, 1.165) is 23.9 Å². The van der Waals surface area contributed by atoms with Crippen LogP contribution in [0.25, 0.3) is 0 Å². The highest BCUT2D eigenvalue weighted by Crippen LogP contribution is 2.39. The molecule has 0 aromatic carbocycles. The molecule has 0 radical (unpaired) electrons. The molecule has 108 valence electrons. The normalized spacial score (nSPS) is 33.0. The number of aromatic nitrogens is 2. The van der Waals surface area contributed by atoms with Crippen molar-refractivity contribution in [2.75, 3.05) is 11.9 Å². The summed E-state index contributed by atoms with van der Waals surface area (Å²) in [5, 5.41) is 3.69. The van der Waals surface area contributed by atoms with Crippen molar-refractivity contribution < 1.29 is 4.74 Å². The highest BCUT2D eigenvalue weighted by atomic mass is 16.5. The van der Waals surface area contributed by atoms with Gasteiger partial charge in [0.15, 0.2) is 0 Å². The number of aryl methyl sites for hydroxylation is 1. The fraction of sp³-hybridized carbons (Fsp3) is 0.750. The molecule has 3 fully saturated rings. The van der Waals surface area contributed by atoms with Crippen LogP contribution in [0.4, 0.5) is 5.82 Å². The zero-order valence-electron chi connectivity index (χ0n) is 12.1. The summed E-state index contributed by atoms with van der Waals surface area (Å²) in [6.07, 6.45) is 7.92. The van der Waals surface area contributed by atoms with Crippen LogP contribution in [-0.4, -0.2) is 28.7 Å². The van der Waals surface area contributed by atoms with Gasteiger partial charge >= 0.3 is 0 Å². The molecule has 4 rings (SSSR count). The van der Waals surface area contributed by atoms with Gasteiger partial charge in [0.25, 0.3) is 0 Å². The number of anilines is 1. The molecule has 0 spiro atoms. The highest BCUT2D eigenvalue weighted by molar-refractivity contribution is 5.38. The van der Waals surface area contributed by atoms with Crippen molar-refractivity contribution in [1.82, 2.24) is 9.97 Å². The molecule has 3 atom stereocenters. The van der Waals surface area contributed by atoms with Crippen LogP contribution in [-0.2, 0) is 4.74 Å². The number of ether oxygens (including phenoxy) is 1. The Hall–Kier alpha value is -1.16. The van der Waals surface area contributed by atoms with Gasteiger partial charge in [-0.2, -0.15) is 0 Å². The molecule has 4 heteroatoms. The first-order chi connectivity index (χ1) is 9.79. The Balaban J connectivity index is 1.52. The average molecular weight is 273 g/mol. The summed E-state index contributed by atoms with van der Waals surface area (Å²) < 4.78 is 5.85. The van der Waals surface area contributed by atoms with E-state index in [9.17, 15) is 0 Å². The lowest BCUT2D eigenvalue weighted by Gasteiger charge is -2.33. The van der Waals surface area contributed by atoms with Gasteiger partial charge in [-0.25, -0.2) is 9.97 Å². The Morgan fingerprint density at radius 3 is 2.90 bits per heavy atom. The molecule has 3 aliphatic rings. The predicted molar refractivity (Wildman–Crippen MR) is 77.9 cm³/mol. The molecule has 0 amide bonds. The quantitative estimate of drug-likeness (QED) is 0.919. The van der Waals surface area contributed by atoms with Gasteiger partial charge in [-0.1, -0.05) is 0 Å². The van der Waals surface area contributed by atoms with Gasteiger partial charge in [-0.3, -0.25) is 0 Å². The average Bonchev–Trinajstić information content (AvgIpc) is 3.17. The van der Waals surface area contributed by atoms with Crippen LogP contribution >= 0.6 is 0 Å². The van der Waals surface area contributed by atoms with Crippen LogP contribution in [0, 0.1) is 12.8 Å². The second-order valence-corrected chi connectivity index (χ2v) is 6.57. The number of rotatable bonds is 3. The summed E-state index contributed by atoms with van der Waals surface area (Å²) in [4.78, 5) is 9.32. The molecule has 1 aromatic heterocycles. The first-order valence-corrected chi connectivity index (χ1v) is 8.03. The van der Waals surface area contributed by atoms with Crippen LogP contribution < -0.4 is 5.32 Å². The molecule has 0 unspecified atom stereocenters. The number of nitrogens with zero attached hydrogens (tertiary/aromatic N) is 2. The smallest absolute Gasteiger partial charge is 0.134 e. The largest absolute Gasteiger partial charge is 0.378 e. The standard InChI is InChI=1S/C16H23N3O/c1-10-9-15(19-16(17-10)11-5-6-11)18-13-3-2-4-14-12(13)7-8-20-14/h9,11-14H,2-8H2,1H3,(H,17,18,19)/t12-,13-,14-/m1/s1. The SMILES string of the molecule is Cc1cc(N[C@@H]2CCC[C@H]3OCC[C@H]23)nc(C2CC2)n1. The Morgan fingerprint density at radius 2 is 2.05 bits per heavy atom. The van der Waals surface area contributed by atoms with E-state index < -0.39 is 0 Å². The van der Waals surface area contributed by atoms with Crippen LogP contribution in [0.15, 0.2) is 6.07 Å². The van der Waals surface area contributed by atoms with Gasteiger partial charge in [-0.05, 0) is 45.4 Å². The first-order valence-electron chi connectivity index (χ1n) is 8.03. The van der Waals surface area contributed by atoms with Crippen LogP contribution in [0.3, 0.4) is 0 Å². The highest BCUT2D eigenvalue weighted by Gasteiger charge is 2.37. The zero-order valence-corrected chi connectivity index (χ0v) is 12.1. The molecular formula is C16H23N3O. The van der Waals surface area contributed by atoms with Crippen molar-refractivity contribution in [3.8, 4) is 0 Å². The molecule has 1 saturated heterocycles. The van der Waals surface area contributed by atoms with Crippen LogP contribution in [0.5, 0.6) is 0 Å². The van der Waals surface area contributed by atoms with E-state index in [-0.39, 0.29) is 0 Å². The van der Waals surface area contributed by atoms with Crippen molar-refractivity contribution in [2.24, 2.45) is 5.92 Å². The Bertz CT molecular complexity index is 500. The fourth-order valence-electron chi connectivity index (χ4n) is 3.73. The van der Waals surface area contributed by atoms with Crippen LogP contribution in [0.1, 0.15) is 56.0 Å². The van der Waals surface area contributed by atoms with Crippen molar-refractivity contribution in [2.45, 2.75) is 63.5 Å². The zero-order chi connectivity index (χ0) is 13.5. The van der Waals surface area contributed by atoms with E-state index in [1.165, 1.54) is 38.5 Å². The monoisotopic (exact) mass is 273 g/mol. The summed E-state index contributed by atoms with van der Waals surface area (Å²) >= 11 is 0. The lowest BCUT2D eigenvalue weighted by Crippen LogP contribution is -2.38. The van der Waals surface area contributed by atoms with E-state index in [4.69, 9.17) is 9.72 Å². The maximum atomic E-state index is 5.85. The first kappa shape index (κ1) is 12.6. The number of nitrogens with one attached hydrogen (secondary N) is 1. The van der Waals surface area contributed by atoms with Crippen molar-refractivity contribution >= 4 is 5.82 Å². The molecule has 20 heavy (non-hydrogen) atoms. The molecular weight excluding hydrogens is 250 g/mol. The summed E-state index contributed by atoms with van der Waals surface area (Å²) in [6.45, 7) is 3.00.